The van der Waals surface area contributed by atoms with Crippen LogP contribution in [0.2, 0.25) is 5.02 Å². The minimum Gasteiger partial charge on any atom is -0.497 e. The van der Waals surface area contributed by atoms with Crippen LogP contribution in [0.25, 0.3) is 0 Å². The lowest BCUT2D eigenvalue weighted by molar-refractivity contribution is -0.113. The van der Waals surface area contributed by atoms with E-state index in [9.17, 15) is 4.79 Å². The molecule has 4 aromatic rings. The molecular formula is C29H28ClN5O2S. The molecule has 2 N–H and O–H groups in total. The molecular weight excluding hydrogens is 518 g/mol. The Kier molecular flexibility index (Phi) is 7.44. The van der Waals surface area contributed by atoms with Gasteiger partial charge in [-0.25, -0.2) is 4.68 Å². The Morgan fingerprint density at radius 1 is 1.11 bits per heavy atom. The van der Waals surface area contributed by atoms with Gasteiger partial charge in [0.2, 0.25) is 11.1 Å². The molecule has 3 aromatic carbocycles. The Morgan fingerprint density at radius 3 is 2.58 bits per heavy atom. The first-order chi connectivity index (χ1) is 18.3. The molecule has 5 rings (SSSR count). The monoisotopic (exact) mass is 545 g/mol. The second-order valence-electron chi connectivity index (χ2n) is 9.15. The normalized spacial score (nSPS) is 14.6. The fourth-order valence-electron chi connectivity index (χ4n) is 4.48. The molecule has 0 bridgehead atoms. The molecule has 7 nitrogen and oxygen atoms in total. The number of nitrogens with one attached hydrogen (secondary N) is 2. The lowest BCUT2D eigenvalue weighted by atomic mass is 9.94. The van der Waals surface area contributed by atoms with Crippen LogP contribution in [0, 0.1) is 13.8 Å². The summed E-state index contributed by atoms with van der Waals surface area (Å²) >= 11 is 7.84. The molecule has 0 saturated carbocycles. The SMILES string of the molecule is COc1ccc([C@H]2C(C(=O)Nc3ccc(C)cc3C)=C(C)Nc3nc(SCc4ccccc4Cl)nn32)cc1. The average Bonchev–Trinajstić information content (AvgIpc) is 3.31. The third-order valence-corrected chi connectivity index (χ3v) is 7.71. The Labute approximate surface area is 231 Å². The van der Waals surface area contributed by atoms with Gasteiger partial charge in [-0.1, -0.05) is 71.4 Å². The molecule has 1 amide bonds. The molecule has 0 radical (unpaired) electrons. The smallest absolute Gasteiger partial charge is 0.255 e. The van der Waals surface area contributed by atoms with E-state index in [1.54, 1.807) is 11.8 Å². The number of thioether (sulfide) groups is 1. The van der Waals surface area contributed by atoms with E-state index in [0.29, 0.717) is 27.5 Å². The summed E-state index contributed by atoms with van der Waals surface area (Å²) in [5.74, 6) is 1.74. The van der Waals surface area contributed by atoms with Gasteiger partial charge in [0.25, 0.3) is 5.91 Å². The van der Waals surface area contributed by atoms with E-state index in [0.717, 1.165) is 39.4 Å². The van der Waals surface area contributed by atoms with E-state index >= 15 is 0 Å². The van der Waals surface area contributed by atoms with Gasteiger partial charge in [-0.15, -0.1) is 5.10 Å². The van der Waals surface area contributed by atoms with Crippen molar-refractivity contribution in [2.75, 3.05) is 17.7 Å². The number of amides is 1. The minimum atomic E-state index is -0.481. The summed E-state index contributed by atoms with van der Waals surface area (Å²) in [7, 11) is 1.63. The van der Waals surface area contributed by atoms with Crippen LogP contribution >= 0.6 is 23.4 Å². The number of ether oxygens (including phenoxy) is 1. The van der Waals surface area contributed by atoms with E-state index < -0.39 is 6.04 Å². The second kappa shape index (κ2) is 10.9. The van der Waals surface area contributed by atoms with E-state index in [1.165, 1.54) is 11.8 Å². The molecule has 0 unspecified atom stereocenters. The van der Waals surface area contributed by atoms with Crippen LogP contribution in [0.1, 0.15) is 35.2 Å². The van der Waals surface area contributed by atoms with E-state index in [4.69, 9.17) is 26.4 Å². The van der Waals surface area contributed by atoms with E-state index in [-0.39, 0.29) is 5.91 Å². The number of halogens is 1. The van der Waals surface area contributed by atoms with Gasteiger partial charge in [0.1, 0.15) is 11.8 Å². The van der Waals surface area contributed by atoms with Crippen molar-refractivity contribution >= 4 is 40.9 Å². The highest BCUT2D eigenvalue weighted by molar-refractivity contribution is 7.98. The minimum absolute atomic E-state index is 0.200. The van der Waals surface area contributed by atoms with Gasteiger partial charge in [0.05, 0.1) is 12.7 Å². The molecule has 1 aromatic heterocycles. The summed E-state index contributed by atoms with van der Waals surface area (Å²) < 4.78 is 7.14. The maximum Gasteiger partial charge on any atom is 0.255 e. The highest BCUT2D eigenvalue weighted by Gasteiger charge is 2.34. The zero-order valence-corrected chi connectivity index (χ0v) is 23.2. The third-order valence-electron chi connectivity index (χ3n) is 6.45. The topological polar surface area (TPSA) is 81.1 Å². The van der Waals surface area contributed by atoms with Gasteiger partial charge in [-0.2, -0.15) is 4.98 Å². The second-order valence-corrected chi connectivity index (χ2v) is 10.5. The maximum atomic E-state index is 13.8. The van der Waals surface area contributed by atoms with Gasteiger partial charge in [-0.05, 0) is 61.7 Å². The first-order valence-corrected chi connectivity index (χ1v) is 13.5. The van der Waals surface area contributed by atoms with Crippen LogP contribution in [0.15, 0.2) is 83.2 Å². The summed E-state index contributed by atoms with van der Waals surface area (Å²) in [5.41, 5.74) is 6.10. The molecule has 1 aliphatic rings. The fraction of sp³-hybridized carbons (Fsp3) is 0.207. The molecule has 1 atom stereocenters. The first kappa shape index (κ1) is 25.9. The fourth-order valence-corrected chi connectivity index (χ4v) is 5.60. The van der Waals surface area contributed by atoms with Crippen LogP contribution in [-0.4, -0.2) is 27.8 Å². The van der Waals surface area contributed by atoms with Crippen molar-refractivity contribution in [2.45, 2.75) is 37.7 Å². The van der Waals surface area contributed by atoms with Crippen molar-refractivity contribution in [3.63, 3.8) is 0 Å². The van der Waals surface area contributed by atoms with Crippen LogP contribution in [-0.2, 0) is 10.5 Å². The largest absolute Gasteiger partial charge is 0.497 e. The molecule has 2 heterocycles. The number of hydrogen-bond donors (Lipinski definition) is 2. The Balaban J connectivity index is 1.50. The van der Waals surface area contributed by atoms with Gasteiger partial charge >= 0.3 is 0 Å². The number of aryl methyl sites for hydroxylation is 2. The average molecular weight is 546 g/mol. The molecule has 0 spiro atoms. The number of anilines is 2. The molecule has 38 heavy (non-hydrogen) atoms. The maximum absolute atomic E-state index is 13.8. The number of carbonyl (C=O) groups excluding carboxylic acids is 1. The molecule has 194 valence electrons. The molecule has 0 saturated heterocycles. The van der Waals surface area contributed by atoms with Crippen LogP contribution in [0.4, 0.5) is 11.6 Å². The highest BCUT2D eigenvalue weighted by atomic mass is 35.5. The number of hydrogen-bond acceptors (Lipinski definition) is 6. The molecule has 0 aliphatic carbocycles. The van der Waals surface area contributed by atoms with Crippen molar-refractivity contribution in [1.82, 2.24) is 14.8 Å². The van der Waals surface area contributed by atoms with Gasteiger partial charge in [0, 0.05) is 22.2 Å². The van der Waals surface area contributed by atoms with E-state index in [1.807, 2.05) is 81.4 Å². The number of allylic oxidation sites excluding steroid dienone is 1. The number of carbonyl (C=O) groups is 1. The van der Waals surface area contributed by atoms with Gasteiger partial charge in [-0.3, -0.25) is 4.79 Å². The third kappa shape index (κ3) is 5.28. The van der Waals surface area contributed by atoms with Crippen molar-refractivity contribution in [3.05, 3.63) is 105 Å². The zero-order chi connectivity index (χ0) is 26.8. The Bertz CT molecular complexity index is 1530. The Morgan fingerprint density at radius 2 is 1.87 bits per heavy atom. The van der Waals surface area contributed by atoms with E-state index in [2.05, 4.69) is 16.7 Å². The number of rotatable bonds is 7. The Hall–Kier alpha value is -3.75. The quantitative estimate of drug-likeness (QED) is 0.249. The lowest BCUT2D eigenvalue weighted by Crippen LogP contribution is -2.31. The number of benzene rings is 3. The zero-order valence-electron chi connectivity index (χ0n) is 21.6. The van der Waals surface area contributed by atoms with Crippen LogP contribution in [0.3, 0.4) is 0 Å². The number of fused-ring (bicyclic) bond motifs is 1. The van der Waals surface area contributed by atoms with Crippen molar-refractivity contribution in [1.29, 1.82) is 0 Å². The highest BCUT2D eigenvalue weighted by Crippen LogP contribution is 2.38. The summed E-state index contributed by atoms with van der Waals surface area (Å²) in [6.07, 6.45) is 0. The van der Waals surface area contributed by atoms with Crippen LogP contribution < -0.4 is 15.4 Å². The van der Waals surface area contributed by atoms with Crippen molar-refractivity contribution in [2.24, 2.45) is 0 Å². The molecule has 0 fully saturated rings. The summed E-state index contributed by atoms with van der Waals surface area (Å²) in [6.45, 7) is 5.91. The predicted molar refractivity (Wildman–Crippen MR) is 153 cm³/mol. The number of aromatic nitrogens is 3. The van der Waals surface area contributed by atoms with Gasteiger partial charge in [0.15, 0.2) is 0 Å². The summed E-state index contributed by atoms with van der Waals surface area (Å²) in [5, 5.41) is 12.5. The predicted octanol–water partition coefficient (Wildman–Crippen LogP) is 6.78. The summed E-state index contributed by atoms with van der Waals surface area (Å²) in [4.78, 5) is 18.5. The van der Waals surface area contributed by atoms with Gasteiger partial charge < -0.3 is 15.4 Å². The summed E-state index contributed by atoms with van der Waals surface area (Å²) in [6, 6.07) is 20.9. The lowest BCUT2D eigenvalue weighted by Gasteiger charge is -2.29. The number of nitrogens with zero attached hydrogens (tertiary/aromatic N) is 3. The van der Waals surface area contributed by atoms with Crippen molar-refractivity contribution < 1.29 is 9.53 Å². The van der Waals surface area contributed by atoms with Crippen LogP contribution in [0.5, 0.6) is 5.75 Å². The first-order valence-electron chi connectivity index (χ1n) is 12.2. The molecule has 1 aliphatic heterocycles. The molecule has 9 heteroatoms. The number of methoxy groups -OCH3 is 1. The standard InChI is InChI=1S/C29H28ClN5O2S/c1-17-9-14-24(18(2)15-17)32-27(36)25-19(3)31-28-33-29(38-16-21-7-5-6-8-23(21)30)34-35(28)26(25)20-10-12-22(37-4)13-11-20/h5-15,26H,16H2,1-4H3,(H,32,36)(H,31,33,34)/t26-/m0/s1. The van der Waals surface area contributed by atoms with Crippen molar-refractivity contribution in [3.8, 4) is 5.75 Å².